The minimum Gasteiger partial charge on any atom is -0.372 e. The molecule has 0 aromatic heterocycles. The van der Waals surface area contributed by atoms with Crippen molar-refractivity contribution in [1.82, 2.24) is 5.32 Å². The molecule has 2 rings (SSSR count). The van der Waals surface area contributed by atoms with E-state index in [2.05, 4.69) is 17.4 Å². The number of rotatable bonds is 1. The molecule has 1 aliphatic heterocycles. The summed E-state index contributed by atoms with van der Waals surface area (Å²) in [6.45, 7) is 0. The van der Waals surface area contributed by atoms with Gasteiger partial charge in [0.1, 0.15) is 0 Å². The second-order valence-corrected chi connectivity index (χ2v) is 3.02. The number of hydrogen-bond donors (Lipinski definition) is 2. The number of dihydropyridines is 1. The summed E-state index contributed by atoms with van der Waals surface area (Å²) in [4.78, 5) is 0. The average molecular weight is 172 g/mol. The zero-order valence-corrected chi connectivity index (χ0v) is 7.27. The Balaban J connectivity index is 2.25. The molecule has 0 spiro atoms. The third-order valence-electron chi connectivity index (χ3n) is 2.02. The predicted octanol–water partition coefficient (Wildman–Crippen LogP) is 1.47. The van der Waals surface area contributed by atoms with Crippen LogP contribution in [0.2, 0.25) is 0 Å². The number of benzene rings is 1. The molecular weight excluding hydrogens is 160 g/mol. The Morgan fingerprint density at radius 2 is 1.92 bits per heavy atom. The van der Waals surface area contributed by atoms with Gasteiger partial charge in [-0.15, -0.1) is 0 Å². The van der Waals surface area contributed by atoms with Gasteiger partial charge in [0.25, 0.3) is 0 Å². The molecule has 1 atom stereocenters. The van der Waals surface area contributed by atoms with Gasteiger partial charge in [-0.25, -0.2) is 0 Å². The molecular formula is C11H12N2. The van der Waals surface area contributed by atoms with E-state index in [1.807, 2.05) is 36.6 Å². The van der Waals surface area contributed by atoms with E-state index in [0.717, 1.165) is 0 Å². The zero-order chi connectivity index (χ0) is 9.10. The van der Waals surface area contributed by atoms with Crippen LogP contribution in [0.1, 0.15) is 5.56 Å². The molecule has 3 N–H and O–H groups in total. The van der Waals surface area contributed by atoms with E-state index in [1.54, 1.807) is 0 Å². The van der Waals surface area contributed by atoms with Crippen molar-refractivity contribution >= 4 is 5.57 Å². The summed E-state index contributed by atoms with van der Waals surface area (Å²) in [7, 11) is 0. The second kappa shape index (κ2) is 3.46. The largest absolute Gasteiger partial charge is 0.372 e. The van der Waals surface area contributed by atoms with Crippen molar-refractivity contribution in [2.75, 3.05) is 0 Å². The fourth-order valence-electron chi connectivity index (χ4n) is 1.31. The first-order chi connectivity index (χ1) is 6.36. The molecule has 0 saturated heterocycles. The molecule has 1 aliphatic rings. The molecule has 0 bridgehead atoms. The van der Waals surface area contributed by atoms with Crippen molar-refractivity contribution in [3.05, 3.63) is 54.2 Å². The van der Waals surface area contributed by atoms with Crippen LogP contribution in [0.4, 0.5) is 0 Å². The maximum atomic E-state index is 5.63. The Hall–Kier alpha value is -1.54. The van der Waals surface area contributed by atoms with Crippen LogP contribution in [0.25, 0.3) is 5.57 Å². The number of nitrogens with two attached hydrogens (primary N) is 1. The highest BCUT2D eigenvalue weighted by Crippen LogP contribution is 2.16. The van der Waals surface area contributed by atoms with E-state index >= 15 is 0 Å². The Labute approximate surface area is 77.8 Å². The highest BCUT2D eigenvalue weighted by atomic mass is 15.0. The molecule has 1 aromatic rings. The molecule has 0 saturated carbocycles. The van der Waals surface area contributed by atoms with E-state index in [-0.39, 0.29) is 6.17 Å². The molecule has 66 valence electrons. The van der Waals surface area contributed by atoms with Gasteiger partial charge in [-0.05, 0) is 17.2 Å². The SMILES string of the molecule is NC1C=CC(c2ccccc2)=CN1. The fourth-order valence-corrected chi connectivity index (χ4v) is 1.31. The summed E-state index contributed by atoms with van der Waals surface area (Å²) in [6.07, 6.45) is 5.88. The van der Waals surface area contributed by atoms with Crippen molar-refractivity contribution in [3.8, 4) is 0 Å². The van der Waals surface area contributed by atoms with E-state index in [9.17, 15) is 0 Å². The molecule has 0 fully saturated rings. The van der Waals surface area contributed by atoms with Gasteiger partial charge >= 0.3 is 0 Å². The van der Waals surface area contributed by atoms with Gasteiger partial charge in [0.15, 0.2) is 0 Å². The quantitative estimate of drug-likeness (QED) is 0.673. The highest BCUT2D eigenvalue weighted by Gasteiger charge is 2.03. The topological polar surface area (TPSA) is 38.0 Å². The Kier molecular flexibility index (Phi) is 2.15. The molecule has 0 aliphatic carbocycles. The smallest absolute Gasteiger partial charge is 0.0934 e. The van der Waals surface area contributed by atoms with Gasteiger partial charge in [-0.1, -0.05) is 36.4 Å². The summed E-state index contributed by atoms with van der Waals surface area (Å²) in [5.74, 6) is 0. The number of hydrogen-bond acceptors (Lipinski definition) is 2. The first-order valence-electron chi connectivity index (χ1n) is 4.32. The third kappa shape index (κ3) is 1.79. The van der Waals surface area contributed by atoms with E-state index in [1.165, 1.54) is 11.1 Å². The molecule has 1 aromatic carbocycles. The zero-order valence-electron chi connectivity index (χ0n) is 7.27. The van der Waals surface area contributed by atoms with Crippen LogP contribution in [-0.4, -0.2) is 6.17 Å². The van der Waals surface area contributed by atoms with Crippen molar-refractivity contribution in [2.24, 2.45) is 5.73 Å². The molecule has 0 radical (unpaired) electrons. The summed E-state index contributed by atoms with van der Waals surface area (Å²) in [6, 6.07) is 10.2. The minimum absolute atomic E-state index is 0.0486. The summed E-state index contributed by atoms with van der Waals surface area (Å²) >= 11 is 0. The van der Waals surface area contributed by atoms with Crippen molar-refractivity contribution in [1.29, 1.82) is 0 Å². The van der Waals surface area contributed by atoms with E-state index < -0.39 is 0 Å². The highest BCUT2D eigenvalue weighted by molar-refractivity contribution is 5.74. The van der Waals surface area contributed by atoms with Crippen LogP contribution in [0.3, 0.4) is 0 Å². The molecule has 1 heterocycles. The Morgan fingerprint density at radius 1 is 1.15 bits per heavy atom. The van der Waals surface area contributed by atoms with Crippen LogP contribution in [-0.2, 0) is 0 Å². The van der Waals surface area contributed by atoms with Gasteiger partial charge in [0.05, 0.1) is 6.17 Å². The normalized spacial score (nSPS) is 20.7. The number of allylic oxidation sites excluding steroid dienone is 2. The molecule has 2 nitrogen and oxygen atoms in total. The molecule has 13 heavy (non-hydrogen) atoms. The van der Waals surface area contributed by atoms with E-state index in [0.29, 0.717) is 0 Å². The predicted molar refractivity (Wildman–Crippen MR) is 54.7 cm³/mol. The second-order valence-electron chi connectivity index (χ2n) is 3.02. The standard InChI is InChI=1S/C11H12N2/c12-11-7-6-10(8-13-11)9-4-2-1-3-5-9/h1-8,11,13H,12H2. The van der Waals surface area contributed by atoms with Crippen LogP contribution in [0.5, 0.6) is 0 Å². The Morgan fingerprint density at radius 3 is 2.54 bits per heavy atom. The minimum atomic E-state index is -0.0486. The van der Waals surface area contributed by atoms with Gasteiger partial charge in [0.2, 0.25) is 0 Å². The summed E-state index contributed by atoms with van der Waals surface area (Å²) in [5.41, 5.74) is 8.01. The van der Waals surface area contributed by atoms with Crippen LogP contribution < -0.4 is 11.1 Å². The van der Waals surface area contributed by atoms with Crippen molar-refractivity contribution in [2.45, 2.75) is 6.17 Å². The lowest BCUT2D eigenvalue weighted by molar-refractivity contribution is 0.730. The van der Waals surface area contributed by atoms with Gasteiger partial charge in [-0.3, -0.25) is 0 Å². The van der Waals surface area contributed by atoms with Gasteiger partial charge in [-0.2, -0.15) is 0 Å². The van der Waals surface area contributed by atoms with Crippen LogP contribution >= 0.6 is 0 Å². The van der Waals surface area contributed by atoms with Crippen molar-refractivity contribution in [3.63, 3.8) is 0 Å². The first-order valence-corrected chi connectivity index (χ1v) is 4.32. The molecule has 1 unspecified atom stereocenters. The monoisotopic (exact) mass is 172 g/mol. The summed E-state index contributed by atoms with van der Waals surface area (Å²) < 4.78 is 0. The fraction of sp³-hybridized carbons (Fsp3) is 0.0909. The van der Waals surface area contributed by atoms with Gasteiger partial charge < -0.3 is 11.1 Å². The number of nitrogens with one attached hydrogen (secondary N) is 1. The summed E-state index contributed by atoms with van der Waals surface area (Å²) in [5, 5.41) is 3.06. The van der Waals surface area contributed by atoms with Gasteiger partial charge in [0, 0.05) is 6.20 Å². The van der Waals surface area contributed by atoms with Crippen LogP contribution in [0, 0.1) is 0 Å². The lowest BCUT2D eigenvalue weighted by Crippen LogP contribution is -2.33. The molecule has 0 amide bonds. The maximum absolute atomic E-state index is 5.63. The lowest BCUT2D eigenvalue weighted by Gasteiger charge is -2.14. The third-order valence-corrected chi connectivity index (χ3v) is 2.02. The first kappa shape index (κ1) is 8.08. The van der Waals surface area contributed by atoms with Crippen LogP contribution in [0.15, 0.2) is 48.7 Å². The average Bonchev–Trinajstić information content (AvgIpc) is 2.20. The Bertz CT molecular complexity index is 338. The lowest BCUT2D eigenvalue weighted by atomic mass is 10.1. The molecule has 2 heteroatoms. The maximum Gasteiger partial charge on any atom is 0.0934 e. The van der Waals surface area contributed by atoms with E-state index in [4.69, 9.17) is 5.73 Å². The van der Waals surface area contributed by atoms with Crippen molar-refractivity contribution < 1.29 is 0 Å².